The van der Waals surface area contributed by atoms with Crippen LogP contribution in [0.5, 0.6) is 0 Å². The molecule has 0 fully saturated rings. The van der Waals surface area contributed by atoms with Gasteiger partial charge in [-0.05, 0) is 12.1 Å². The third-order valence-electron chi connectivity index (χ3n) is 2.34. The van der Waals surface area contributed by atoms with Gasteiger partial charge in [0.05, 0.1) is 17.2 Å². The standard InChI is InChI=1S/C11H10ClN3O3/c1-18-7-9-10(15(16)17)11(12)14(13-9)8-5-3-2-4-6-8/h2-6H,7H2,1H3. The Morgan fingerprint density at radius 2 is 2.11 bits per heavy atom. The fourth-order valence-electron chi connectivity index (χ4n) is 1.59. The second kappa shape index (κ2) is 5.16. The minimum Gasteiger partial charge on any atom is -0.378 e. The summed E-state index contributed by atoms with van der Waals surface area (Å²) in [7, 11) is 1.44. The van der Waals surface area contributed by atoms with Crippen LogP contribution in [0.15, 0.2) is 30.3 Å². The van der Waals surface area contributed by atoms with Crippen molar-refractivity contribution in [2.45, 2.75) is 6.61 Å². The number of para-hydroxylation sites is 1. The van der Waals surface area contributed by atoms with Crippen LogP contribution in [0.2, 0.25) is 5.15 Å². The normalized spacial score (nSPS) is 10.6. The van der Waals surface area contributed by atoms with E-state index in [1.165, 1.54) is 11.8 Å². The highest BCUT2D eigenvalue weighted by Gasteiger charge is 2.26. The van der Waals surface area contributed by atoms with Crippen LogP contribution in [0, 0.1) is 10.1 Å². The van der Waals surface area contributed by atoms with Crippen molar-refractivity contribution in [2.24, 2.45) is 0 Å². The molecular weight excluding hydrogens is 258 g/mol. The number of rotatable bonds is 4. The Morgan fingerprint density at radius 3 is 2.67 bits per heavy atom. The summed E-state index contributed by atoms with van der Waals surface area (Å²) >= 11 is 6.00. The van der Waals surface area contributed by atoms with Gasteiger partial charge < -0.3 is 4.74 Å². The number of nitrogens with zero attached hydrogens (tertiary/aromatic N) is 3. The first-order valence-electron chi connectivity index (χ1n) is 5.11. The van der Waals surface area contributed by atoms with Crippen LogP contribution in [0.3, 0.4) is 0 Å². The molecule has 0 aliphatic rings. The van der Waals surface area contributed by atoms with Gasteiger partial charge in [-0.1, -0.05) is 29.8 Å². The molecule has 0 unspecified atom stereocenters. The number of ether oxygens (including phenoxy) is 1. The van der Waals surface area contributed by atoms with E-state index in [0.717, 1.165) is 0 Å². The number of hydrogen-bond acceptors (Lipinski definition) is 4. The van der Waals surface area contributed by atoms with E-state index in [-0.39, 0.29) is 23.1 Å². The number of hydrogen-bond donors (Lipinski definition) is 0. The monoisotopic (exact) mass is 267 g/mol. The average Bonchev–Trinajstić information content (AvgIpc) is 2.68. The zero-order valence-electron chi connectivity index (χ0n) is 9.54. The molecule has 94 valence electrons. The van der Waals surface area contributed by atoms with Gasteiger partial charge in [-0.3, -0.25) is 10.1 Å². The zero-order chi connectivity index (χ0) is 13.1. The van der Waals surface area contributed by atoms with E-state index in [1.54, 1.807) is 24.3 Å². The highest BCUT2D eigenvalue weighted by molar-refractivity contribution is 6.32. The molecule has 0 atom stereocenters. The molecule has 0 N–H and O–H groups in total. The lowest BCUT2D eigenvalue weighted by Crippen LogP contribution is -1.97. The fraction of sp³-hybridized carbons (Fsp3) is 0.182. The Hall–Kier alpha value is -1.92. The maximum absolute atomic E-state index is 11.0. The fourth-order valence-corrected chi connectivity index (χ4v) is 1.90. The largest absolute Gasteiger partial charge is 0.378 e. The smallest absolute Gasteiger partial charge is 0.331 e. The molecule has 1 heterocycles. The van der Waals surface area contributed by atoms with Gasteiger partial charge in [0.25, 0.3) is 0 Å². The Labute approximate surface area is 108 Å². The summed E-state index contributed by atoms with van der Waals surface area (Å²) in [4.78, 5) is 10.4. The molecule has 2 rings (SSSR count). The van der Waals surface area contributed by atoms with Crippen molar-refractivity contribution in [3.8, 4) is 5.69 Å². The van der Waals surface area contributed by atoms with E-state index in [2.05, 4.69) is 5.10 Å². The topological polar surface area (TPSA) is 70.2 Å². The molecular formula is C11H10ClN3O3. The molecule has 0 radical (unpaired) electrons. The molecule has 1 aromatic carbocycles. The number of benzene rings is 1. The minimum absolute atomic E-state index is 0.0294. The minimum atomic E-state index is -0.552. The molecule has 18 heavy (non-hydrogen) atoms. The van der Waals surface area contributed by atoms with Crippen LogP contribution in [0.4, 0.5) is 5.69 Å². The second-order valence-corrected chi connectivity index (χ2v) is 3.88. The molecule has 1 aromatic heterocycles. The van der Waals surface area contributed by atoms with Gasteiger partial charge in [-0.2, -0.15) is 5.10 Å². The number of halogens is 1. The number of aromatic nitrogens is 2. The van der Waals surface area contributed by atoms with Gasteiger partial charge in [0, 0.05) is 7.11 Å². The second-order valence-electron chi connectivity index (χ2n) is 3.52. The quantitative estimate of drug-likeness (QED) is 0.630. The van der Waals surface area contributed by atoms with Crippen LogP contribution in [-0.2, 0) is 11.3 Å². The summed E-state index contributed by atoms with van der Waals surface area (Å²) in [5, 5.41) is 15.1. The summed E-state index contributed by atoms with van der Waals surface area (Å²) in [5.41, 5.74) is 0.645. The van der Waals surface area contributed by atoms with E-state index in [1.807, 2.05) is 6.07 Å². The average molecular weight is 268 g/mol. The molecule has 2 aromatic rings. The summed E-state index contributed by atoms with van der Waals surface area (Å²) in [6.07, 6.45) is 0. The number of methoxy groups -OCH3 is 1. The third kappa shape index (κ3) is 2.20. The van der Waals surface area contributed by atoms with Crippen molar-refractivity contribution in [1.29, 1.82) is 0 Å². The molecule has 6 nitrogen and oxygen atoms in total. The van der Waals surface area contributed by atoms with E-state index in [4.69, 9.17) is 16.3 Å². The van der Waals surface area contributed by atoms with Crippen molar-refractivity contribution in [3.63, 3.8) is 0 Å². The van der Waals surface area contributed by atoms with E-state index >= 15 is 0 Å². The first-order chi connectivity index (χ1) is 8.65. The maximum atomic E-state index is 11.0. The Kier molecular flexibility index (Phi) is 3.59. The molecule has 0 saturated carbocycles. The molecule has 0 bridgehead atoms. The summed E-state index contributed by atoms with van der Waals surface area (Å²) in [6, 6.07) is 8.97. The van der Waals surface area contributed by atoms with Crippen LogP contribution in [0.1, 0.15) is 5.69 Å². The maximum Gasteiger partial charge on any atom is 0.331 e. The molecule has 7 heteroatoms. The Bertz CT molecular complexity index is 568. The van der Waals surface area contributed by atoms with Crippen molar-refractivity contribution in [1.82, 2.24) is 9.78 Å². The van der Waals surface area contributed by atoms with Crippen molar-refractivity contribution in [3.05, 3.63) is 51.3 Å². The van der Waals surface area contributed by atoms with Gasteiger partial charge >= 0.3 is 5.69 Å². The van der Waals surface area contributed by atoms with E-state index < -0.39 is 4.92 Å². The highest BCUT2D eigenvalue weighted by Crippen LogP contribution is 2.30. The lowest BCUT2D eigenvalue weighted by atomic mass is 10.3. The first-order valence-corrected chi connectivity index (χ1v) is 5.49. The summed E-state index contributed by atoms with van der Waals surface area (Å²) < 4.78 is 6.21. The van der Waals surface area contributed by atoms with Crippen LogP contribution in [-0.4, -0.2) is 21.8 Å². The molecule has 0 spiro atoms. The van der Waals surface area contributed by atoms with Crippen molar-refractivity contribution < 1.29 is 9.66 Å². The lowest BCUT2D eigenvalue weighted by molar-refractivity contribution is -0.385. The Balaban J connectivity index is 2.57. The highest BCUT2D eigenvalue weighted by atomic mass is 35.5. The Morgan fingerprint density at radius 1 is 1.44 bits per heavy atom. The van der Waals surface area contributed by atoms with Crippen molar-refractivity contribution >= 4 is 17.3 Å². The molecule has 0 aliphatic carbocycles. The van der Waals surface area contributed by atoms with Gasteiger partial charge in [0.2, 0.25) is 5.15 Å². The van der Waals surface area contributed by atoms with Crippen molar-refractivity contribution in [2.75, 3.05) is 7.11 Å². The van der Waals surface area contributed by atoms with Crippen LogP contribution in [0.25, 0.3) is 5.69 Å². The van der Waals surface area contributed by atoms with Gasteiger partial charge in [0.1, 0.15) is 0 Å². The van der Waals surface area contributed by atoms with Crippen LogP contribution < -0.4 is 0 Å². The third-order valence-corrected chi connectivity index (χ3v) is 2.68. The van der Waals surface area contributed by atoms with Crippen LogP contribution >= 0.6 is 11.6 Å². The molecule has 0 saturated heterocycles. The summed E-state index contributed by atoms with van der Waals surface area (Å²) in [5.74, 6) is 0. The van der Waals surface area contributed by atoms with E-state index in [0.29, 0.717) is 5.69 Å². The first kappa shape index (κ1) is 12.5. The zero-order valence-corrected chi connectivity index (χ0v) is 10.3. The van der Waals surface area contributed by atoms with Gasteiger partial charge in [-0.25, -0.2) is 4.68 Å². The van der Waals surface area contributed by atoms with Gasteiger partial charge in [-0.15, -0.1) is 0 Å². The van der Waals surface area contributed by atoms with Gasteiger partial charge in [0.15, 0.2) is 5.69 Å². The predicted octanol–water partition coefficient (Wildman–Crippen LogP) is 2.58. The van der Waals surface area contributed by atoms with E-state index in [9.17, 15) is 10.1 Å². The predicted molar refractivity (Wildman–Crippen MR) is 65.9 cm³/mol. The number of nitro groups is 1. The molecule has 0 aliphatic heterocycles. The molecule has 0 amide bonds. The summed E-state index contributed by atoms with van der Waals surface area (Å²) in [6.45, 7) is 0.0376. The SMILES string of the molecule is COCc1nn(-c2ccccc2)c(Cl)c1[N+](=O)[O-]. The lowest BCUT2D eigenvalue weighted by Gasteiger charge is -2.00.